The minimum atomic E-state index is -0.0717. The lowest BCUT2D eigenvalue weighted by Gasteiger charge is -2.02. The number of aryl methyl sites for hydroxylation is 1. The first-order chi connectivity index (χ1) is 8.22. The average molecular weight is 246 g/mol. The molecule has 2 rings (SSSR count). The fraction of sp³-hybridized carbons (Fsp3) is 0.167. The van der Waals surface area contributed by atoms with Gasteiger partial charge >= 0.3 is 0 Å². The molecule has 86 valence electrons. The van der Waals surface area contributed by atoms with E-state index in [1.807, 2.05) is 6.92 Å². The van der Waals surface area contributed by atoms with Crippen LogP contribution < -0.4 is 0 Å². The molecular formula is C12H10N2O2S. The Morgan fingerprint density at radius 3 is 2.94 bits per heavy atom. The van der Waals surface area contributed by atoms with Gasteiger partial charge < -0.3 is 9.52 Å². The molecule has 0 aliphatic rings. The maximum absolute atomic E-state index is 9.03. The first-order valence-electron chi connectivity index (χ1n) is 4.97. The van der Waals surface area contributed by atoms with Crippen LogP contribution in [0.5, 0.6) is 0 Å². The van der Waals surface area contributed by atoms with Gasteiger partial charge in [0, 0.05) is 4.90 Å². The number of nitriles is 1. The molecule has 0 amide bonds. The van der Waals surface area contributed by atoms with E-state index in [4.69, 9.17) is 14.8 Å². The summed E-state index contributed by atoms with van der Waals surface area (Å²) in [6, 6.07) is 7.32. The molecule has 2 aromatic rings. The second-order valence-electron chi connectivity index (χ2n) is 3.46. The van der Waals surface area contributed by atoms with E-state index in [0.717, 1.165) is 16.2 Å². The molecule has 0 atom stereocenters. The average Bonchev–Trinajstić information content (AvgIpc) is 2.75. The lowest BCUT2D eigenvalue weighted by atomic mass is 10.1. The van der Waals surface area contributed by atoms with Crippen LogP contribution in [-0.2, 0) is 6.61 Å². The zero-order chi connectivity index (χ0) is 12.3. The Kier molecular flexibility index (Phi) is 3.47. The molecule has 0 bridgehead atoms. The highest BCUT2D eigenvalue weighted by Gasteiger charge is 2.09. The number of aliphatic hydroxyl groups excluding tert-OH is 1. The number of oxazole rings is 1. The number of benzene rings is 1. The Balaban J connectivity index is 2.30. The summed E-state index contributed by atoms with van der Waals surface area (Å²) in [4.78, 5) is 4.93. The van der Waals surface area contributed by atoms with Gasteiger partial charge in [0.15, 0.2) is 0 Å². The lowest BCUT2D eigenvalue weighted by Crippen LogP contribution is -1.87. The van der Waals surface area contributed by atoms with Crippen LogP contribution in [0.1, 0.15) is 16.8 Å². The summed E-state index contributed by atoms with van der Waals surface area (Å²) in [5, 5.41) is 18.5. The number of hydrogen-bond donors (Lipinski definition) is 1. The van der Waals surface area contributed by atoms with E-state index in [9.17, 15) is 0 Å². The van der Waals surface area contributed by atoms with Crippen LogP contribution in [0.3, 0.4) is 0 Å². The van der Waals surface area contributed by atoms with Crippen LogP contribution in [0.25, 0.3) is 0 Å². The van der Waals surface area contributed by atoms with Gasteiger partial charge in [-0.2, -0.15) is 5.26 Å². The number of nitrogens with zero attached hydrogens (tertiary/aromatic N) is 2. The third kappa shape index (κ3) is 2.67. The standard InChI is InChI=1S/C12H10N2O2S/c1-8-7-16-12(14-8)17-11-3-2-9(6-15)4-10(11)5-13/h2-4,7,15H,6H2,1H3. The van der Waals surface area contributed by atoms with Crippen molar-refractivity contribution in [3.05, 3.63) is 41.3 Å². The van der Waals surface area contributed by atoms with E-state index in [-0.39, 0.29) is 6.61 Å². The predicted molar refractivity (Wildman–Crippen MR) is 62.4 cm³/mol. The van der Waals surface area contributed by atoms with Gasteiger partial charge in [-0.1, -0.05) is 6.07 Å². The number of rotatable bonds is 3. The van der Waals surface area contributed by atoms with E-state index in [1.54, 1.807) is 24.5 Å². The summed E-state index contributed by atoms with van der Waals surface area (Å²) in [6.45, 7) is 1.77. The van der Waals surface area contributed by atoms with Crippen molar-refractivity contribution in [3.63, 3.8) is 0 Å². The maximum Gasteiger partial charge on any atom is 0.260 e. The monoisotopic (exact) mass is 246 g/mol. The molecule has 0 unspecified atom stereocenters. The second-order valence-corrected chi connectivity index (χ2v) is 4.45. The van der Waals surface area contributed by atoms with Gasteiger partial charge in [0.2, 0.25) is 0 Å². The summed E-state index contributed by atoms with van der Waals surface area (Å²) in [5.74, 6) is 0. The number of aromatic nitrogens is 1. The molecule has 0 fully saturated rings. The molecule has 1 heterocycles. The third-order valence-corrected chi connectivity index (χ3v) is 3.08. The normalized spacial score (nSPS) is 10.2. The summed E-state index contributed by atoms with van der Waals surface area (Å²) in [6.07, 6.45) is 1.57. The summed E-state index contributed by atoms with van der Waals surface area (Å²) >= 11 is 1.30. The van der Waals surface area contributed by atoms with Crippen molar-refractivity contribution in [2.75, 3.05) is 0 Å². The maximum atomic E-state index is 9.03. The van der Waals surface area contributed by atoms with Crippen LogP contribution in [0.2, 0.25) is 0 Å². The van der Waals surface area contributed by atoms with Crippen LogP contribution in [0.4, 0.5) is 0 Å². The highest BCUT2D eigenvalue weighted by Crippen LogP contribution is 2.30. The minimum absolute atomic E-state index is 0.0717. The molecule has 0 saturated heterocycles. The van der Waals surface area contributed by atoms with Crippen LogP contribution in [-0.4, -0.2) is 10.1 Å². The third-order valence-electron chi connectivity index (χ3n) is 2.14. The second kappa shape index (κ2) is 5.04. The first kappa shape index (κ1) is 11.7. The molecule has 17 heavy (non-hydrogen) atoms. The first-order valence-corrected chi connectivity index (χ1v) is 5.78. The van der Waals surface area contributed by atoms with Gasteiger partial charge in [-0.15, -0.1) is 0 Å². The highest BCUT2D eigenvalue weighted by molar-refractivity contribution is 7.99. The van der Waals surface area contributed by atoms with Gasteiger partial charge in [0.25, 0.3) is 5.22 Å². The summed E-state index contributed by atoms with van der Waals surface area (Å²) in [5.41, 5.74) is 2.03. The molecule has 4 nitrogen and oxygen atoms in total. The summed E-state index contributed by atoms with van der Waals surface area (Å²) < 4.78 is 5.22. The summed E-state index contributed by atoms with van der Waals surface area (Å²) in [7, 11) is 0. The van der Waals surface area contributed by atoms with Crippen LogP contribution >= 0.6 is 11.8 Å². The van der Waals surface area contributed by atoms with E-state index < -0.39 is 0 Å². The molecule has 0 aliphatic heterocycles. The number of aliphatic hydroxyl groups is 1. The van der Waals surface area contributed by atoms with E-state index in [1.165, 1.54) is 11.8 Å². The van der Waals surface area contributed by atoms with Gasteiger partial charge in [-0.05, 0) is 36.4 Å². The molecule has 1 N–H and O–H groups in total. The van der Waals surface area contributed by atoms with Crippen molar-refractivity contribution < 1.29 is 9.52 Å². The van der Waals surface area contributed by atoms with E-state index in [0.29, 0.717) is 10.8 Å². The van der Waals surface area contributed by atoms with E-state index in [2.05, 4.69) is 11.1 Å². The SMILES string of the molecule is Cc1coc(Sc2ccc(CO)cc2C#N)n1. The fourth-order valence-electron chi connectivity index (χ4n) is 1.33. The zero-order valence-corrected chi connectivity index (χ0v) is 9.99. The van der Waals surface area contributed by atoms with Crippen molar-refractivity contribution in [2.24, 2.45) is 0 Å². The largest absolute Gasteiger partial charge is 0.439 e. The minimum Gasteiger partial charge on any atom is -0.439 e. The lowest BCUT2D eigenvalue weighted by molar-refractivity contribution is 0.281. The van der Waals surface area contributed by atoms with Crippen molar-refractivity contribution in [1.82, 2.24) is 4.98 Å². The van der Waals surface area contributed by atoms with Gasteiger partial charge in [-0.25, -0.2) is 4.98 Å². The van der Waals surface area contributed by atoms with Gasteiger partial charge in [0.05, 0.1) is 17.9 Å². The van der Waals surface area contributed by atoms with Crippen LogP contribution in [0, 0.1) is 18.3 Å². The van der Waals surface area contributed by atoms with Crippen molar-refractivity contribution in [3.8, 4) is 6.07 Å². The Morgan fingerprint density at radius 2 is 2.35 bits per heavy atom. The van der Waals surface area contributed by atoms with Crippen LogP contribution in [0.15, 0.2) is 39.0 Å². The van der Waals surface area contributed by atoms with Crippen molar-refractivity contribution in [1.29, 1.82) is 5.26 Å². The van der Waals surface area contributed by atoms with E-state index >= 15 is 0 Å². The van der Waals surface area contributed by atoms with Gasteiger partial charge in [-0.3, -0.25) is 0 Å². The molecule has 0 aliphatic carbocycles. The fourth-order valence-corrected chi connectivity index (χ4v) is 2.15. The molecule has 0 spiro atoms. The Morgan fingerprint density at radius 1 is 1.53 bits per heavy atom. The molecule has 5 heteroatoms. The number of hydrogen-bond acceptors (Lipinski definition) is 5. The smallest absolute Gasteiger partial charge is 0.260 e. The zero-order valence-electron chi connectivity index (χ0n) is 9.17. The Labute approximate surface area is 103 Å². The van der Waals surface area contributed by atoms with Crippen molar-refractivity contribution in [2.45, 2.75) is 23.6 Å². The topological polar surface area (TPSA) is 70.1 Å². The highest BCUT2D eigenvalue weighted by atomic mass is 32.2. The molecule has 1 aromatic heterocycles. The quantitative estimate of drug-likeness (QED) is 0.901. The molecular weight excluding hydrogens is 236 g/mol. The van der Waals surface area contributed by atoms with Crippen molar-refractivity contribution >= 4 is 11.8 Å². The van der Waals surface area contributed by atoms with Gasteiger partial charge in [0.1, 0.15) is 12.3 Å². The Bertz CT molecular complexity index is 572. The molecule has 0 saturated carbocycles. The predicted octanol–water partition coefficient (Wildman–Crippen LogP) is 2.50. The molecule has 0 radical (unpaired) electrons. The molecule has 1 aromatic carbocycles. The Hall–Kier alpha value is -1.77.